The zero-order valence-electron chi connectivity index (χ0n) is 10.0. The van der Waals surface area contributed by atoms with Gasteiger partial charge in [-0.1, -0.05) is 19.1 Å². The molecule has 1 aliphatic rings. The predicted molar refractivity (Wildman–Crippen MR) is 67.8 cm³/mol. The number of nitrogens with zero attached hydrogens (tertiary/aromatic N) is 1. The van der Waals surface area contributed by atoms with Gasteiger partial charge in [0.1, 0.15) is 5.75 Å². The van der Waals surface area contributed by atoms with Gasteiger partial charge in [-0.15, -0.1) is 0 Å². The molecule has 0 unspecified atom stereocenters. The largest absolute Gasteiger partial charge is 0.508 e. The molecule has 3 heteroatoms. The Morgan fingerprint density at radius 2 is 2.06 bits per heavy atom. The van der Waals surface area contributed by atoms with Crippen molar-refractivity contribution in [2.24, 2.45) is 0 Å². The van der Waals surface area contributed by atoms with Crippen LogP contribution in [0.2, 0.25) is 0 Å². The number of phenolic OH excluding ortho intramolecular Hbond substituents is 1. The number of rotatable bonds is 2. The van der Waals surface area contributed by atoms with Crippen molar-refractivity contribution in [2.75, 3.05) is 19.6 Å². The van der Waals surface area contributed by atoms with E-state index in [2.05, 4.69) is 11.8 Å². The number of aromatic hydroxyl groups is 1. The highest BCUT2D eigenvalue weighted by Gasteiger charge is 2.19. The van der Waals surface area contributed by atoms with Crippen molar-refractivity contribution in [3.05, 3.63) is 35.4 Å². The number of carbonyl (C=O) groups excluding carboxylic acids is 1. The number of likely N-dealkylation sites (N-methyl/N-ethyl adjacent to an activating group) is 1. The number of Topliss-reactive ketones (excluding diaryl/α,β-unsaturated/α-hetero) is 1. The van der Waals surface area contributed by atoms with Crippen LogP contribution in [0.5, 0.6) is 5.75 Å². The van der Waals surface area contributed by atoms with E-state index in [0.717, 1.165) is 30.8 Å². The van der Waals surface area contributed by atoms with Crippen LogP contribution < -0.4 is 0 Å². The van der Waals surface area contributed by atoms with Gasteiger partial charge in [0.25, 0.3) is 0 Å². The zero-order valence-corrected chi connectivity index (χ0v) is 10.0. The summed E-state index contributed by atoms with van der Waals surface area (Å²) in [5.74, 6) is 0.486. The van der Waals surface area contributed by atoms with Crippen LogP contribution in [0.25, 0.3) is 6.08 Å². The lowest BCUT2D eigenvalue weighted by atomic mass is 10.0. The summed E-state index contributed by atoms with van der Waals surface area (Å²) in [5.41, 5.74) is 1.83. The zero-order chi connectivity index (χ0) is 12.3. The summed E-state index contributed by atoms with van der Waals surface area (Å²) in [6.07, 6.45) is 2.53. The molecule has 0 radical (unpaired) electrons. The highest BCUT2D eigenvalue weighted by atomic mass is 16.3. The van der Waals surface area contributed by atoms with Crippen molar-refractivity contribution in [2.45, 2.75) is 13.3 Å². The normalized spacial score (nSPS) is 19.8. The van der Waals surface area contributed by atoms with Gasteiger partial charge < -0.3 is 5.11 Å². The number of phenols is 1. The molecule has 1 fully saturated rings. The number of piperidine rings is 1. The summed E-state index contributed by atoms with van der Waals surface area (Å²) in [5, 5.41) is 9.20. The monoisotopic (exact) mass is 231 g/mol. The lowest BCUT2D eigenvalue weighted by Crippen LogP contribution is -2.35. The second kappa shape index (κ2) is 5.15. The lowest BCUT2D eigenvalue weighted by molar-refractivity contribution is -0.117. The van der Waals surface area contributed by atoms with Gasteiger partial charge in [0.2, 0.25) is 0 Å². The third-order valence-corrected chi connectivity index (χ3v) is 3.09. The standard InChI is InChI=1S/C14H17NO2/c1-2-15-8-7-14(17)12(10-15)9-11-3-5-13(16)6-4-11/h3-6,9,16H,2,7-8,10H2,1H3/b12-9+. The molecule has 2 rings (SSSR count). The molecular weight excluding hydrogens is 214 g/mol. The van der Waals surface area contributed by atoms with Gasteiger partial charge >= 0.3 is 0 Å². The van der Waals surface area contributed by atoms with Crippen molar-refractivity contribution < 1.29 is 9.90 Å². The van der Waals surface area contributed by atoms with Crippen LogP contribution in [0, 0.1) is 0 Å². The van der Waals surface area contributed by atoms with Crippen LogP contribution >= 0.6 is 0 Å². The summed E-state index contributed by atoms with van der Waals surface area (Å²) in [7, 11) is 0. The van der Waals surface area contributed by atoms with Crippen molar-refractivity contribution in [3.63, 3.8) is 0 Å². The highest BCUT2D eigenvalue weighted by molar-refractivity contribution is 6.00. The molecule has 0 amide bonds. The Hall–Kier alpha value is -1.61. The maximum absolute atomic E-state index is 11.8. The predicted octanol–water partition coefficient (Wildman–Crippen LogP) is 2.07. The van der Waals surface area contributed by atoms with E-state index in [0.29, 0.717) is 6.42 Å². The van der Waals surface area contributed by atoms with Crippen molar-refractivity contribution in [1.82, 2.24) is 4.90 Å². The fourth-order valence-corrected chi connectivity index (χ4v) is 2.00. The topological polar surface area (TPSA) is 40.5 Å². The van der Waals surface area contributed by atoms with Gasteiger partial charge in [-0.2, -0.15) is 0 Å². The minimum atomic E-state index is 0.239. The molecule has 3 nitrogen and oxygen atoms in total. The van der Waals surface area contributed by atoms with Gasteiger partial charge in [0.05, 0.1) is 0 Å². The van der Waals surface area contributed by atoms with Gasteiger partial charge in [-0.3, -0.25) is 9.69 Å². The average molecular weight is 231 g/mol. The number of ketones is 1. The van der Waals surface area contributed by atoms with Crippen LogP contribution in [0.1, 0.15) is 18.9 Å². The number of hydrogen-bond donors (Lipinski definition) is 1. The summed E-state index contributed by atoms with van der Waals surface area (Å²) < 4.78 is 0. The number of likely N-dealkylation sites (tertiary alicyclic amines) is 1. The summed E-state index contributed by atoms with van der Waals surface area (Å²) >= 11 is 0. The Morgan fingerprint density at radius 1 is 1.35 bits per heavy atom. The number of hydrogen-bond acceptors (Lipinski definition) is 3. The maximum Gasteiger partial charge on any atom is 0.161 e. The van der Waals surface area contributed by atoms with E-state index in [9.17, 15) is 9.90 Å². The lowest BCUT2D eigenvalue weighted by Gasteiger charge is -2.26. The fourth-order valence-electron chi connectivity index (χ4n) is 2.00. The number of benzene rings is 1. The van der Waals surface area contributed by atoms with Crippen LogP contribution in [0.4, 0.5) is 0 Å². The van der Waals surface area contributed by atoms with Crippen LogP contribution in [-0.2, 0) is 4.79 Å². The third-order valence-electron chi connectivity index (χ3n) is 3.09. The quantitative estimate of drug-likeness (QED) is 0.792. The molecule has 0 aromatic heterocycles. The molecule has 0 spiro atoms. The molecule has 1 aromatic rings. The summed E-state index contributed by atoms with van der Waals surface area (Å²) in [6, 6.07) is 6.91. The van der Waals surface area contributed by atoms with Gasteiger partial charge in [-0.25, -0.2) is 0 Å². The molecule has 90 valence electrons. The molecule has 0 bridgehead atoms. The molecule has 0 atom stereocenters. The number of carbonyl (C=O) groups is 1. The molecule has 1 heterocycles. The van der Waals surface area contributed by atoms with Gasteiger partial charge in [0, 0.05) is 25.1 Å². The molecule has 1 aliphatic heterocycles. The van der Waals surface area contributed by atoms with Crippen LogP contribution in [-0.4, -0.2) is 35.4 Å². The SMILES string of the molecule is CCN1CCC(=O)/C(=C/c2ccc(O)cc2)C1. The Labute approximate surface area is 101 Å². The van der Waals surface area contributed by atoms with E-state index in [1.807, 2.05) is 18.2 Å². The molecule has 0 saturated carbocycles. The minimum Gasteiger partial charge on any atom is -0.508 e. The van der Waals surface area contributed by atoms with Crippen LogP contribution in [0.15, 0.2) is 29.8 Å². The Bertz CT molecular complexity index is 434. The first-order chi connectivity index (χ1) is 8.19. The van der Waals surface area contributed by atoms with Crippen molar-refractivity contribution >= 4 is 11.9 Å². The van der Waals surface area contributed by atoms with E-state index >= 15 is 0 Å². The van der Waals surface area contributed by atoms with Gasteiger partial charge in [0.15, 0.2) is 5.78 Å². The third kappa shape index (κ3) is 2.94. The Morgan fingerprint density at radius 3 is 2.71 bits per heavy atom. The highest BCUT2D eigenvalue weighted by Crippen LogP contribution is 2.17. The molecule has 1 N–H and O–H groups in total. The molecule has 0 aliphatic carbocycles. The fraction of sp³-hybridized carbons (Fsp3) is 0.357. The Kier molecular flexibility index (Phi) is 3.59. The molecule has 1 saturated heterocycles. The Balaban J connectivity index is 2.19. The maximum atomic E-state index is 11.8. The summed E-state index contributed by atoms with van der Waals surface area (Å²) in [4.78, 5) is 14.0. The van der Waals surface area contributed by atoms with E-state index in [1.165, 1.54) is 0 Å². The molecule has 17 heavy (non-hydrogen) atoms. The smallest absolute Gasteiger partial charge is 0.161 e. The van der Waals surface area contributed by atoms with E-state index in [1.54, 1.807) is 12.1 Å². The second-order valence-corrected chi connectivity index (χ2v) is 4.30. The van der Waals surface area contributed by atoms with Gasteiger partial charge in [-0.05, 0) is 30.3 Å². The average Bonchev–Trinajstić information content (AvgIpc) is 2.35. The van der Waals surface area contributed by atoms with Crippen LogP contribution in [0.3, 0.4) is 0 Å². The second-order valence-electron chi connectivity index (χ2n) is 4.30. The van der Waals surface area contributed by atoms with E-state index in [4.69, 9.17) is 0 Å². The molecule has 1 aromatic carbocycles. The molecular formula is C14H17NO2. The first-order valence-electron chi connectivity index (χ1n) is 5.94. The minimum absolute atomic E-state index is 0.239. The first-order valence-corrected chi connectivity index (χ1v) is 5.94. The van der Waals surface area contributed by atoms with E-state index in [-0.39, 0.29) is 11.5 Å². The van der Waals surface area contributed by atoms with Crippen molar-refractivity contribution in [1.29, 1.82) is 0 Å². The van der Waals surface area contributed by atoms with E-state index < -0.39 is 0 Å². The first kappa shape index (κ1) is 11.9. The summed E-state index contributed by atoms with van der Waals surface area (Å²) in [6.45, 7) is 4.67. The van der Waals surface area contributed by atoms with Crippen molar-refractivity contribution in [3.8, 4) is 5.75 Å².